The second kappa shape index (κ2) is 11.9. The molecular formula is C26H39ClN4S. The SMILES string of the molecule is CCC(C)c1ccc(N(Cc2ccc(C(C)(C)C)cc2)C(N)=NN2CCSCC2)cc1.Cl. The fourth-order valence-electron chi connectivity index (χ4n) is 3.67. The summed E-state index contributed by atoms with van der Waals surface area (Å²) in [4.78, 5) is 2.13. The summed E-state index contributed by atoms with van der Waals surface area (Å²) in [7, 11) is 0. The summed E-state index contributed by atoms with van der Waals surface area (Å²) in [6.45, 7) is 13.8. The highest BCUT2D eigenvalue weighted by Crippen LogP contribution is 2.26. The summed E-state index contributed by atoms with van der Waals surface area (Å²) in [5, 5.41) is 6.89. The van der Waals surface area contributed by atoms with E-state index in [1.165, 1.54) is 16.7 Å². The molecule has 0 radical (unpaired) electrons. The molecule has 176 valence electrons. The zero-order valence-corrected chi connectivity index (χ0v) is 21.8. The molecule has 2 aromatic carbocycles. The number of nitrogens with zero attached hydrogens (tertiary/aromatic N) is 3. The minimum absolute atomic E-state index is 0. The van der Waals surface area contributed by atoms with Crippen molar-refractivity contribution in [3.63, 3.8) is 0 Å². The lowest BCUT2D eigenvalue weighted by atomic mass is 9.87. The van der Waals surface area contributed by atoms with Crippen LogP contribution in [0.3, 0.4) is 0 Å². The average Bonchev–Trinajstić information content (AvgIpc) is 2.77. The molecule has 1 aliphatic rings. The van der Waals surface area contributed by atoms with E-state index in [0.29, 0.717) is 18.4 Å². The maximum absolute atomic E-state index is 6.58. The van der Waals surface area contributed by atoms with E-state index in [4.69, 9.17) is 10.8 Å². The first-order chi connectivity index (χ1) is 14.8. The topological polar surface area (TPSA) is 44.9 Å². The van der Waals surface area contributed by atoms with Crippen LogP contribution in [0, 0.1) is 0 Å². The summed E-state index contributed by atoms with van der Waals surface area (Å²) in [6, 6.07) is 17.7. The maximum Gasteiger partial charge on any atom is 0.218 e. The van der Waals surface area contributed by atoms with Crippen molar-refractivity contribution < 1.29 is 0 Å². The summed E-state index contributed by atoms with van der Waals surface area (Å²) in [6.07, 6.45) is 1.14. The molecule has 1 aliphatic heterocycles. The minimum Gasteiger partial charge on any atom is -0.368 e. The second-order valence-electron chi connectivity index (χ2n) is 9.46. The monoisotopic (exact) mass is 474 g/mol. The number of hydrazone groups is 1. The molecule has 1 heterocycles. The number of halogens is 1. The van der Waals surface area contributed by atoms with E-state index >= 15 is 0 Å². The molecule has 0 aliphatic carbocycles. The van der Waals surface area contributed by atoms with Crippen molar-refractivity contribution in [3.05, 3.63) is 65.2 Å². The fourth-order valence-corrected chi connectivity index (χ4v) is 4.55. The van der Waals surface area contributed by atoms with Crippen LogP contribution in [0.1, 0.15) is 63.6 Å². The maximum atomic E-state index is 6.58. The van der Waals surface area contributed by atoms with Gasteiger partial charge in [0, 0.05) is 30.3 Å². The standard InChI is InChI=1S/C26H38N4S.ClH/c1-6-20(2)22-9-13-24(14-10-22)30(25(27)28-29-15-17-31-18-16-29)19-21-7-11-23(12-8-21)26(3,4)5;/h7-14,20H,6,15-19H2,1-5H3,(H2,27,28);1H. The molecule has 3 rings (SSSR count). The van der Waals surface area contributed by atoms with Crippen molar-refractivity contribution in [2.45, 2.75) is 58.9 Å². The predicted molar refractivity (Wildman–Crippen MR) is 144 cm³/mol. The van der Waals surface area contributed by atoms with E-state index in [2.05, 4.69) is 93.1 Å². The second-order valence-corrected chi connectivity index (χ2v) is 10.7. The molecular weight excluding hydrogens is 436 g/mol. The lowest BCUT2D eigenvalue weighted by Gasteiger charge is -2.29. The van der Waals surface area contributed by atoms with Gasteiger partial charge in [0.25, 0.3) is 0 Å². The number of benzene rings is 2. The van der Waals surface area contributed by atoms with Crippen LogP contribution in [-0.2, 0) is 12.0 Å². The Labute approximate surface area is 205 Å². The number of thioether (sulfide) groups is 1. The van der Waals surface area contributed by atoms with Crippen molar-refractivity contribution >= 4 is 35.8 Å². The average molecular weight is 475 g/mol. The first-order valence-corrected chi connectivity index (χ1v) is 12.6. The van der Waals surface area contributed by atoms with Crippen LogP contribution in [0.15, 0.2) is 53.6 Å². The fraction of sp³-hybridized carbons (Fsp3) is 0.500. The van der Waals surface area contributed by atoms with Gasteiger partial charge in [-0.05, 0) is 46.6 Å². The van der Waals surface area contributed by atoms with E-state index in [1.807, 2.05) is 11.8 Å². The van der Waals surface area contributed by atoms with E-state index in [0.717, 1.165) is 36.7 Å². The molecule has 1 unspecified atom stereocenters. The molecule has 6 heteroatoms. The number of hydrogen-bond donors (Lipinski definition) is 1. The Hall–Kier alpha value is -1.85. The summed E-state index contributed by atoms with van der Waals surface area (Å²) < 4.78 is 0. The van der Waals surface area contributed by atoms with Crippen LogP contribution in [-0.4, -0.2) is 35.6 Å². The largest absolute Gasteiger partial charge is 0.368 e. The van der Waals surface area contributed by atoms with E-state index in [-0.39, 0.29) is 17.8 Å². The van der Waals surface area contributed by atoms with Gasteiger partial charge in [0.05, 0.1) is 6.54 Å². The smallest absolute Gasteiger partial charge is 0.218 e. The molecule has 32 heavy (non-hydrogen) atoms. The van der Waals surface area contributed by atoms with Crippen LogP contribution in [0.4, 0.5) is 5.69 Å². The van der Waals surface area contributed by atoms with Crippen molar-refractivity contribution in [1.82, 2.24) is 5.01 Å². The van der Waals surface area contributed by atoms with Gasteiger partial charge >= 0.3 is 0 Å². The first-order valence-electron chi connectivity index (χ1n) is 11.4. The van der Waals surface area contributed by atoms with Crippen LogP contribution < -0.4 is 10.6 Å². The normalized spacial score (nSPS) is 15.8. The first kappa shape index (κ1) is 26.4. The minimum atomic E-state index is 0. The molecule has 2 aromatic rings. The van der Waals surface area contributed by atoms with Gasteiger partial charge in [0.1, 0.15) is 0 Å². The number of anilines is 1. The van der Waals surface area contributed by atoms with E-state index in [1.54, 1.807) is 0 Å². The van der Waals surface area contributed by atoms with Crippen molar-refractivity contribution in [3.8, 4) is 0 Å². The van der Waals surface area contributed by atoms with Gasteiger partial charge in [-0.25, -0.2) is 0 Å². The van der Waals surface area contributed by atoms with Crippen molar-refractivity contribution in [2.24, 2.45) is 10.8 Å². The molecule has 2 N–H and O–H groups in total. The zero-order valence-electron chi connectivity index (χ0n) is 20.2. The van der Waals surface area contributed by atoms with Crippen LogP contribution in [0.25, 0.3) is 0 Å². The van der Waals surface area contributed by atoms with Crippen LogP contribution in [0.2, 0.25) is 0 Å². The van der Waals surface area contributed by atoms with Gasteiger partial charge < -0.3 is 10.6 Å². The molecule has 1 fully saturated rings. The highest BCUT2D eigenvalue weighted by Gasteiger charge is 2.17. The Morgan fingerprint density at radius 3 is 2.19 bits per heavy atom. The third kappa shape index (κ3) is 7.08. The number of hydrogen-bond acceptors (Lipinski definition) is 3. The lowest BCUT2D eigenvalue weighted by Crippen LogP contribution is -2.40. The van der Waals surface area contributed by atoms with Gasteiger partial charge in [-0.15, -0.1) is 17.5 Å². The summed E-state index contributed by atoms with van der Waals surface area (Å²) in [5.74, 6) is 3.33. The molecule has 4 nitrogen and oxygen atoms in total. The molecule has 1 saturated heterocycles. The Bertz CT molecular complexity index is 853. The van der Waals surface area contributed by atoms with Gasteiger partial charge in [-0.1, -0.05) is 71.0 Å². The van der Waals surface area contributed by atoms with Gasteiger partial charge in [-0.3, -0.25) is 5.01 Å². The molecule has 1 atom stereocenters. The van der Waals surface area contributed by atoms with Gasteiger partial charge in [0.2, 0.25) is 5.96 Å². The zero-order chi connectivity index (χ0) is 22.4. The molecule has 0 saturated carbocycles. The molecule has 0 amide bonds. The summed E-state index contributed by atoms with van der Waals surface area (Å²) >= 11 is 1.98. The molecule has 0 bridgehead atoms. The van der Waals surface area contributed by atoms with Crippen molar-refractivity contribution in [1.29, 1.82) is 0 Å². The number of nitrogens with two attached hydrogens (primary N) is 1. The van der Waals surface area contributed by atoms with Crippen molar-refractivity contribution in [2.75, 3.05) is 29.5 Å². The molecule has 0 spiro atoms. The third-order valence-electron chi connectivity index (χ3n) is 6.05. The highest BCUT2D eigenvalue weighted by molar-refractivity contribution is 7.99. The van der Waals surface area contributed by atoms with Gasteiger partial charge in [-0.2, -0.15) is 11.8 Å². The van der Waals surface area contributed by atoms with Crippen LogP contribution >= 0.6 is 24.2 Å². The summed E-state index contributed by atoms with van der Waals surface area (Å²) in [5.41, 5.74) is 11.7. The highest BCUT2D eigenvalue weighted by atomic mass is 35.5. The quantitative estimate of drug-likeness (QED) is 0.399. The van der Waals surface area contributed by atoms with Crippen LogP contribution in [0.5, 0.6) is 0 Å². The lowest BCUT2D eigenvalue weighted by molar-refractivity contribution is 0.319. The predicted octanol–water partition coefficient (Wildman–Crippen LogP) is 6.20. The number of rotatable bonds is 6. The third-order valence-corrected chi connectivity index (χ3v) is 7.00. The Morgan fingerprint density at radius 1 is 1.06 bits per heavy atom. The van der Waals surface area contributed by atoms with E-state index in [9.17, 15) is 0 Å². The Morgan fingerprint density at radius 2 is 1.66 bits per heavy atom. The Kier molecular flexibility index (Phi) is 9.78. The Balaban J connectivity index is 0.00000363. The molecule has 0 aromatic heterocycles. The number of guanidine groups is 1. The van der Waals surface area contributed by atoms with E-state index < -0.39 is 0 Å². The van der Waals surface area contributed by atoms with Gasteiger partial charge in [0.15, 0.2) is 0 Å².